The van der Waals surface area contributed by atoms with Crippen molar-refractivity contribution < 1.29 is 4.79 Å². The highest BCUT2D eigenvalue weighted by molar-refractivity contribution is 5.74. The van der Waals surface area contributed by atoms with Gasteiger partial charge in [-0.25, -0.2) is 0 Å². The molecule has 2 N–H and O–H groups in total. The Balaban J connectivity index is 3.83. The maximum absolute atomic E-state index is 10.7. The fraction of sp³-hybridized carbons (Fsp3) is 0.286. The second kappa shape index (κ2) is 4.61. The van der Waals surface area contributed by atoms with Crippen LogP contribution in [0.2, 0.25) is 0 Å². The SMILES string of the molecule is C=CN(CC=CN)C(C)=O. The van der Waals surface area contributed by atoms with Crippen molar-refractivity contribution in [2.45, 2.75) is 6.92 Å². The van der Waals surface area contributed by atoms with Crippen molar-refractivity contribution in [3.8, 4) is 0 Å². The van der Waals surface area contributed by atoms with Crippen molar-refractivity contribution in [3.63, 3.8) is 0 Å². The van der Waals surface area contributed by atoms with Gasteiger partial charge in [0.1, 0.15) is 0 Å². The van der Waals surface area contributed by atoms with Gasteiger partial charge in [-0.1, -0.05) is 6.58 Å². The molecular formula is C7H12N2O. The van der Waals surface area contributed by atoms with Crippen LogP contribution < -0.4 is 5.73 Å². The molecule has 0 saturated heterocycles. The summed E-state index contributed by atoms with van der Waals surface area (Å²) < 4.78 is 0. The molecule has 3 heteroatoms. The zero-order valence-electron chi connectivity index (χ0n) is 6.08. The number of carbonyl (C=O) groups is 1. The van der Waals surface area contributed by atoms with E-state index in [2.05, 4.69) is 6.58 Å². The van der Waals surface area contributed by atoms with Crippen LogP contribution in [0.4, 0.5) is 0 Å². The van der Waals surface area contributed by atoms with Crippen LogP contribution in [-0.4, -0.2) is 17.4 Å². The van der Waals surface area contributed by atoms with Crippen LogP contribution in [0.5, 0.6) is 0 Å². The lowest BCUT2D eigenvalue weighted by molar-refractivity contribution is -0.125. The molecule has 0 bridgehead atoms. The van der Waals surface area contributed by atoms with E-state index in [0.717, 1.165) is 0 Å². The summed E-state index contributed by atoms with van der Waals surface area (Å²) in [6, 6.07) is 0. The first-order valence-corrected chi connectivity index (χ1v) is 2.99. The summed E-state index contributed by atoms with van der Waals surface area (Å²) in [4.78, 5) is 12.1. The van der Waals surface area contributed by atoms with Crippen LogP contribution in [-0.2, 0) is 4.79 Å². The lowest BCUT2D eigenvalue weighted by Crippen LogP contribution is -2.22. The van der Waals surface area contributed by atoms with Gasteiger partial charge < -0.3 is 10.6 Å². The van der Waals surface area contributed by atoms with Gasteiger partial charge in [0, 0.05) is 13.5 Å². The van der Waals surface area contributed by atoms with Gasteiger partial charge in [-0.3, -0.25) is 4.79 Å². The molecule has 0 spiro atoms. The molecule has 0 aliphatic rings. The van der Waals surface area contributed by atoms with Crippen molar-refractivity contribution in [2.75, 3.05) is 6.54 Å². The van der Waals surface area contributed by atoms with Crippen molar-refractivity contribution >= 4 is 5.91 Å². The number of nitrogens with zero attached hydrogens (tertiary/aromatic N) is 1. The van der Waals surface area contributed by atoms with E-state index in [1.165, 1.54) is 24.2 Å². The molecule has 0 atom stereocenters. The average molecular weight is 140 g/mol. The van der Waals surface area contributed by atoms with Gasteiger partial charge >= 0.3 is 0 Å². The van der Waals surface area contributed by atoms with Gasteiger partial charge in [0.2, 0.25) is 5.91 Å². The molecule has 10 heavy (non-hydrogen) atoms. The van der Waals surface area contributed by atoms with Gasteiger partial charge in [0.15, 0.2) is 0 Å². The molecular weight excluding hydrogens is 128 g/mol. The smallest absolute Gasteiger partial charge is 0.223 e. The normalized spacial score (nSPS) is 9.70. The highest BCUT2D eigenvalue weighted by atomic mass is 16.2. The minimum absolute atomic E-state index is 0.0342. The molecule has 3 nitrogen and oxygen atoms in total. The average Bonchev–Trinajstić information content (AvgIpc) is 1.89. The molecule has 0 unspecified atom stereocenters. The van der Waals surface area contributed by atoms with Gasteiger partial charge in [0.25, 0.3) is 0 Å². The van der Waals surface area contributed by atoms with E-state index in [4.69, 9.17) is 5.73 Å². The Kier molecular flexibility index (Phi) is 4.04. The molecule has 0 fully saturated rings. The number of hydrogen-bond acceptors (Lipinski definition) is 2. The van der Waals surface area contributed by atoms with Crippen LogP contribution in [0, 0.1) is 0 Å². The van der Waals surface area contributed by atoms with E-state index in [-0.39, 0.29) is 5.91 Å². The monoisotopic (exact) mass is 140 g/mol. The standard InChI is InChI=1S/C7H12N2O/c1-3-9(7(2)10)6-4-5-8/h3-5H,1,6,8H2,2H3. The largest absolute Gasteiger partial charge is 0.405 e. The zero-order chi connectivity index (χ0) is 7.98. The van der Waals surface area contributed by atoms with Crippen molar-refractivity contribution in [1.29, 1.82) is 0 Å². The summed E-state index contributed by atoms with van der Waals surface area (Å²) in [5, 5.41) is 0. The molecule has 0 aromatic heterocycles. The molecule has 0 heterocycles. The zero-order valence-corrected chi connectivity index (χ0v) is 6.08. The summed E-state index contributed by atoms with van der Waals surface area (Å²) in [5.41, 5.74) is 5.08. The summed E-state index contributed by atoms with van der Waals surface area (Å²) in [7, 11) is 0. The van der Waals surface area contributed by atoms with Crippen LogP contribution in [0.25, 0.3) is 0 Å². The second-order valence-corrected chi connectivity index (χ2v) is 1.78. The summed E-state index contributed by atoms with van der Waals surface area (Å²) in [6.45, 7) is 5.44. The molecule has 0 aromatic carbocycles. The van der Waals surface area contributed by atoms with Crippen LogP contribution in [0.1, 0.15) is 6.92 Å². The minimum atomic E-state index is -0.0342. The van der Waals surface area contributed by atoms with Crippen LogP contribution in [0.15, 0.2) is 25.1 Å². The first-order valence-electron chi connectivity index (χ1n) is 2.99. The van der Waals surface area contributed by atoms with Gasteiger partial charge in [-0.05, 0) is 18.5 Å². The van der Waals surface area contributed by atoms with E-state index < -0.39 is 0 Å². The fourth-order valence-electron chi connectivity index (χ4n) is 0.506. The Bertz CT molecular complexity index is 152. The topological polar surface area (TPSA) is 46.3 Å². The molecule has 0 aromatic rings. The first kappa shape index (κ1) is 8.75. The Labute approximate surface area is 60.8 Å². The van der Waals surface area contributed by atoms with E-state index in [0.29, 0.717) is 6.54 Å². The van der Waals surface area contributed by atoms with Gasteiger partial charge in [0.05, 0.1) is 0 Å². The molecule has 1 amide bonds. The lowest BCUT2D eigenvalue weighted by Gasteiger charge is -2.11. The minimum Gasteiger partial charge on any atom is -0.405 e. The Morgan fingerprint density at radius 3 is 2.70 bits per heavy atom. The van der Waals surface area contributed by atoms with Gasteiger partial charge in [-0.2, -0.15) is 0 Å². The fourth-order valence-corrected chi connectivity index (χ4v) is 0.506. The predicted molar refractivity (Wildman–Crippen MR) is 40.9 cm³/mol. The van der Waals surface area contributed by atoms with E-state index >= 15 is 0 Å². The van der Waals surface area contributed by atoms with Gasteiger partial charge in [-0.15, -0.1) is 0 Å². The second-order valence-electron chi connectivity index (χ2n) is 1.78. The van der Waals surface area contributed by atoms with Crippen molar-refractivity contribution in [3.05, 3.63) is 25.1 Å². The summed E-state index contributed by atoms with van der Waals surface area (Å²) >= 11 is 0. The third kappa shape index (κ3) is 2.91. The Hall–Kier alpha value is -1.25. The maximum atomic E-state index is 10.7. The summed E-state index contributed by atoms with van der Waals surface area (Å²) in [5.74, 6) is -0.0342. The Morgan fingerprint density at radius 1 is 1.80 bits per heavy atom. The highest BCUT2D eigenvalue weighted by Gasteiger charge is 1.98. The molecule has 56 valence electrons. The first-order chi connectivity index (χ1) is 4.72. The molecule has 0 saturated carbocycles. The quantitative estimate of drug-likeness (QED) is 0.618. The van der Waals surface area contributed by atoms with E-state index in [1.807, 2.05) is 0 Å². The Morgan fingerprint density at radius 2 is 2.40 bits per heavy atom. The number of amides is 1. The van der Waals surface area contributed by atoms with Crippen LogP contribution in [0.3, 0.4) is 0 Å². The third-order valence-corrected chi connectivity index (χ3v) is 1.06. The van der Waals surface area contributed by atoms with Crippen LogP contribution >= 0.6 is 0 Å². The van der Waals surface area contributed by atoms with Crippen molar-refractivity contribution in [1.82, 2.24) is 4.90 Å². The van der Waals surface area contributed by atoms with E-state index in [1.54, 1.807) is 6.08 Å². The molecule has 0 aliphatic heterocycles. The number of carbonyl (C=O) groups excluding carboxylic acids is 1. The van der Waals surface area contributed by atoms with E-state index in [9.17, 15) is 4.79 Å². The lowest BCUT2D eigenvalue weighted by atomic mass is 10.5. The number of nitrogens with two attached hydrogens (primary N) is 1. The summed E-state index contributed by atoms with van der Waals surface area (Å²) in [6.07, 6.45) is 4.56. The predicted octanol–water partition coefficient (Wildman–Crippen LogP) is 0.451. The highest BCUT2D eigenvalue weighted by Crippen LogP contribution is 1.88. The van der Waals surface area contributed by atoms with Crippen molar-refractivity contribution in [2.24, 2.45) is 5.73 Å². The molecule has 0 rings (SSSR count). The third-order valence-electron chi connectivity index (χ3n) is 1.06. The number of rotatable bonds is 3. The number of hydrogen-bond donors (Lipinski definition) is 1. The molecule has 0 radical (unpaired) electrons. The maximum Gasteiger partial charge on any atom is 0.223 e. The molecule has 0 aliphatic carbocycles.